The van der Waals surface area contributed by atoms with E-state index in [2.05, 4.69) is 32.2 Å². The fourth-order valence-electron chi connectivity index (χ4n) is 5.33. The van der Waals surface area contributed by atoms with Gasteiger partial charge in [0, 0.05) is 15.8 Å². The Hall–Kier alpha value is -3.69. The average Bonchev–Trinajstić information content (AvgIpc) is 3.23. The topological polar surface area (TPSA) is 75.0 Å². The molecule has 0 spiro atoms. The number of pyridine rings is 1. The Labute approximate surface area is 222 Å². The third-order valence-electron chi connectivity index (χ3n) is 7.56. The number of fused-ring (bicyclic) bond motifs is 2. The zero-order valence-corrected chi connectivity index (χ0v) is 22.8. The molecule has 0 saturated carbocycles. The van der Waals surface area contributed by atoms with Crippen molar-refractivity contribution in [2.24, 2.45) is 11.3 Å². The van der Waals surface area contributed by atoms with Gasteiger partial charge in [0.25, 0.3) is 5.91 Å². The Kier molecular flexibility index (Phi) is 6.51. The number of methoxy groups -OCH3 is 1. The van der Waals surface area contributed by atoms with E-state index in [1.165, 1.54) is 4.88 Å². The molecular weight excluding hydrogens is 478 g/mol. The molecule has 1 unspecified atom stereocenters. The Morgan fingerprint density at radius 2 is 1.89 bits per heavy atom. The van der Waals surface area contributed by atoms with E-state index in [0.717, 1.165) is 58.3 Å². The van der Waals surface area contributed by atoms with E-state index in [9.17, 15) is 10.1 Å². The van der Waals surface area contributed by atoms with Gasteiger partial charge in [0.05, 0.1) is 29.4 Å². The fraction of sp³-hybridized carbons (Fsp3) is 0.323. The molecule has 1 atom stereocenters. The van der Waals surface area contributed by atoms with Crippen LogP contribution in [-0.4, -0.2) is 18.0 Å². The van der Waals surface area contributed by atoms with Crippen molar-refractivity contribution in [2.45, 2.75) is 47.0 Å². The standard InChI is InChI=1S/C31H31N3O2S/c1-18-27(23-8-6-7-9-25(23)33-28(18)19-10-13-21(36-5)14-11-19)29(35)34-30-24(17-32)22-15-12-20(31(2,3)4)16-26(22)37-30/h6-11,13-14,20H,12,15-16H2,1-5H3,(H,34,35). The Balaban J connectivity index is 1.56. The lowest BCUT2D eigenvalue weighted by Gasteiger charge is -2.33. The van der Waals surface area contributed by atoms with Crippen LogP contribution in [0.5, 0.6) is 5.75 Å². The third-order valence-corrected chi connectivity index (χ3v) is 8.73. The molecule has 2 aromatic carbocycles. The number of ether oxygens (including phenoxy) is 1. The van der Waals surface area contributed by atoms with E-state index in [1.807, 2.05) is 55.5 Å². The number of carbonyl (C=O) groups is 1. The van der Waals surface area contributed by atoms with Gasteiger partial charge in [-0.3, -0.25) is 4.79 Å². The van der Waals surface area contributed by atoms with E-state index < -0.39 is 0 Å². The number of amides is 1. The van der Waals surface area contributed by atoms with Crippen LogP contribution in [0.15, 0.2) is 48.5 Å². The minimum Gasteiger partial charge on any atom is -0.497 e. The normalized spacial score (nSPS) is 15.2. The van der Waals surface area contributed by atoms with E-state index in [4.69, 9.17) is 9.72 Å². The predicted molar refractivity (Wildman–Crippen MR) is 150 cm³/mol. The van der Waals surface area contributed by atoms with E-state index in [-0.39, 0.29) is 11.3 Å². The summed E-state index contributed by atoms with van der Waals surface area (Å²) in [6.07, 6.45) is 2.90. The Morgan fingerprint density at radius 1 is 1.16 bits per heavy atom. The summed E-state index contributed by atoms with van der Waals surface area (Å²) in [6, 6.07) is 17.8. The highest BCUT2D eigenvalue weighted by molar-refractivity contribution is 7.16. The number of hydrogen-bond donors (Lipinski definition) is 1. The van der Waals surface area contributed by atoms with E-state index >= 15 is 0 Å². The summed E-state index contributed by atoms with van der Waals surface area (Å²) in [7, 11) is 1.64. The molecule has 0 bridgehead atoms. The lowest BCUT2D eigenvalue weighted by molar-refractivity contribution is 0.102. The maximum absolute atomic E-state index is 13.9. The molecule has 0 fully saturated rings. The van der Waals surface area contributed by atoms with Gasteiger partial charge in [-0.05, 0) is 79.0 Å². The Morgan fingerprint density at radius 3 is 2.57 bits per heavy atom. The van der Waals surface area contributed by atoms with Gasteiger partial charge in [-0.25, -0.2) is 4.98 Å². The van der Waals surface area contributed by atoms with Crippen LogP contribution in [-0.2, 0) is 12.8 Å². The monoisotopic (exact) mass is 509 g/mol. The highest BCUT2D eigenvalue weighted by Crippen LogP contribution is 2.44. The van der Waals surface area contributed by atoms with Crippen LogP contribution in [0.25, 0.3) is 22.2 Å². The first-order chi connectivity index (χ1) is 17.7. The van der Waals surface area contributed by atoms with Crippen LogP contribution in [0.2, 0.25) is 0 Å². The maximum Gasteiger partial charge on any atom is 0.257 e. The smallest absolute Gasteiger partial charge is 0.257 e. The lowest BCUT2D eigenvalue weighted by Crippen LogP contribution is -2.26. The second-order valence-electron chi connectivity index (χ2n) is 10.8. The van der Waals surface area contributed by atoms with Crippen LogP contribution in [0.3, 0.4) is 0 Å². The molecule has 1 N–H and O–H groups in total. The average molecular weight is 510 g/mol. The summed E-state index contributed by atoms with van der Waals surface area (Å²) in [5, 5.41) is 14.6. The first kappa shape index (κ1) is 25.0. The molecular formula is C31H31N3O2S. The Bertz CT molecular complexity index is 1540. The van der Waals surface area contributed by atoms with Crippen LogP contribution in [0.1, 0.15) is 59.1 Å². The van der Waals surface area contributed by atoms with Crippen molar-refractivity contribution in [1.82, 2.24) is 4.98 Å². The predicted octanol–water partition coefficient (Wildman–Crippen LogP) is 7.56. The molecule has 2 aromatic heterocycles. The molecule has 188 valence electrons. The number of anilines is 1. The number of nitriles is 1. The van der Waals surface area contributed by atoms with Crippen LogP contribution in [0.4, 0.5) is 5.00 Å². The van der Waals surface area contributed by atoms with Gasteiger partial charge in [-0.2, -0.15) is 5.26 Å². The molecule has 5 nitrogen and oxygen atoms in total. The number of thiophene rings is 1. The molecule has 1 aliphatic rings. The van der Waals surface area contributed by atoms with Crippen molar-refractivity contribution in [3.05, 3.63) is 75.7 Å². The van der Waals surface area contributed by atoms with E-state index in [0.29, 0.717) is 22.0 Å². The molecule has 1 amide bonds. The van der Waals surface area contributed by atoms with Crippen LogP contribution < -0.4 is 10.1 Å². The molecule has 1 aliphatic carbocycles. The third kappa shape index (κ3) is 4.60. The zero-order chi connectivity index (χ0) is 26.3. The highest BCUT2D eigenvalue weighted by atomic mass is 32.1. The summed E-state index contributed by atoms with van der Waals surface area (Å²) in [6.45, 7) is 8.78. The van der Waals surface area contributed by atoms with Gasteiger partial charge in [0.15, 0.2) is 0 Å². The van der Waals surface area contributed by atoms with Crippen LogP contribution in [0, 0.1) is 29.6 Å². The zero-order valence-electron chi connectivity index (χ0n) is 21.9. The first-order valence-electron chi connectivity index (χ1n) is 12.6. The van der Waals surface area contributed by atoms with Crippen molar-refractivity contribution < 1.29 is 9.53 Å². The second kappa shape index (κ2) is 9.64. The largest absolute Gasteiger partial charge is 0.497 e. The molecule has 6 heteroatoms. The van der Waals surface area contributed by atoms with Gasteiger partial charge in [0.2, 0.25) is 0 Å². The summed E-state index contributed by atoms with van der Waals surface area (Å²) in [4.78, 5) is 20.0. The second-order valence-corrected chi connectivity index (χ2v) is 11.9. The SMILES string of the molecule is COc1ccc(-c2nc3ccccc3c(C(=O)Nc3sc4c(c3C#N)CCC(C(C)(C)C)C4)c2C)cc1. The van der Waals surface area contributed by atoms with Gasteiger partial charge in [-0.1, -0.05) is 39.0 Å². The fourth-order valence-corrected chi connectivity index (χ4v) is 6.60. The van der Waals surface area contributed by atoms with E-state index in [1.54, 1.807) is 18.4 Å². The summed E-state index contributed by atoms with van der Waals surface area (Å²) in [5.41, 5.74) is 5.74. The molecule has 0 saturated heterocycles. The van der Waals surface area contributed by atoms with Gasteiger partial charge in [0.1, 0.15) is 16.8 Å². The summed E-state index contributed by atoms with van der Waals surface area (Å²) >= 11 is 1.56. The van der Waals surface area contributed by atoms with Crippen molar-refractivity contribution >= 4 is 33.1 Å². The lowest BCUT2D eigenvalue weighted by atomic mass is 9.72. The number of aromatic nitrogens is 1. The van der Waals surface area contributed by atoms with Crippen molar-refractivity contribution in [3.8, 4) is 23.1 Å². The number of nitrogens with zero attached hydrogens (tertiary/aromatic N) is 2. The summed E-state index contributed by atoms with van der Waals surface area (Å²) in [5.74, 6) is 1.11. The first-order valence-corrected chi connectivity index (χ1v) is 13.4. The number of hydrogen-bond acceptors (Lipinski definition) is 5. The number of rotatable bonds is 4. The van der Waals surface area contributed by atoms with Crippen molar-refractivity contribution in [3.63, 3.8) is 0 Å². The quantitative estimate of drug-likeness (QED) is 0.308. The van der Waals surface area contributed by atoms with Gasteiger partial charge < -0.3 is 10.1 Å². The number of benzene rings is 2. The van der Waals surface area contributed by atoms with Crippen molar-refractivity contribution in [2.75, 3.05) is 12.4 Å². The molecule has 37 heavy (non-hydrogen) atoms. The number of para-hydroxylation sites is 1. The minimum absolute atomic E-state index is 0.211. The number of nitrogens with one attached hydrogen (secondary N) is 1. The molecule has 0 radical (unpaired) electrons. The van der Waals surface area contributed by atoms with Crippen molar-refractivity contribution in [1.29, 1.82) is 5.26 Å². The number of carbonyl (C=O) groups excluding carboxylic acids is 1. The summed E-state index contributed by atoms with van der Waals surface area (Å²) < 4.78 is 5.31. The molecule has 4 aromatic rings. The minimum atomic E-state index is -0.215. The molecule has 2 heterocycles. The molecule has 0 aliphatic heterocycles. The highest BCUT2D eigenvalue weighted by Gasteiger charge is 2.32. The van der Waals surface area contributed by atoms with Gasteiger partial charge in [-0.15, -0.1) is 11.3 Å². The molecule has 5 rings (SSSR count). The van der Waals surface area contributed by atoms with Crippen LogP contribution >= 0.6 is 11.3 Å². The maximum atomic E-state index is 13.9. The van der Waals surface area contributed by atoms with Gasteiger partial charge >= 0.3 is 0 Å².